The zero-order valence-corrected chi connectivity index (χ0v) is 12.5. The van der Waals surface area contributed by atoms with Gasteiger partial charge >= 0.3 is 0 Å². The maximum Gasteiger partial charge on any atom is 0.225 e. The Kier molecular flexibility index (Phi) is 4.78. The van der Waals surface area contributed by atoms with E-state index in [0.717, 1.165) is 5.56 Å². The highest BCUT2D eigenvalue weighted by molar-refractivity contribution is 5.77. The lowest BCUT2D eigenvalue weighted by Crippen LogP contribution is -2.56. The zero-order chi connectivity index (χ0) is 14.6. The molecule has 0 bridgehead atoms. The van der Waals surface area contributed by atoms with Crippen LogP contribution in [-0.4, -0.2) is 43.2 Å². The van der Waals surface area contributed by atoms with Gasteiger partial charge in [0.2, 0.25) is 5.91 Å². The summed E-state index contributed by atoms with van der Waals surface area (Å²) in [5, 5.41) is 0. The van der Waals surface area contributed by atoms with Gasteiger partial charge in [-0.1, -0.05) is 30.3 Å². The van der Waals surface area contributed by atoms with Crippen molar-refractivity contribution in [2.45, 2.75) is 31.9 Å². The van der Waals surface area contributed by atoms with Crippen molar-refractivity contribution < 1.29 is 14.3 Å². The molecule has 1 aromatic rings. The molecule has 1 atom stereocenters. The molecule has 1 amide bonds. The molecule has 0 spiro atoms. The first-order valence-electron chi connectivity index (χ1n) is 7.00. The van der Waals surface area contributed by atoms with Crippen LogP contribution in [0, 0.1) is 0 Å². The Morgan fingerprint density at radius 1 is 1.40 bits per heavy atom. The summed E-state index contributed by atoms with van der Waals surface area (Å²) in [6.07, 6.45) is 0.372. The van der Waals surface area contributed by atoms with Gasteiger partial charge in [-0.2, -0.15) is 0 Å². The number of hydrogen-bond donors (Lipinski definition) is 0. The van der Waals surface area contributed by atoms with Crippen LogP contribution >= 0.6 is 0 Å². The predicted octanol–water partition coefficient (Wildman–Crippen LogP) is 2.40. The number of methoxy groups -OCH3 is 1. The van der Waals surface area contributed by atoms with Crippen LogP contribution in [0.2, 0.25) is 0 Å². The van der Waals surface area contributed by atoms with Crippen LogP contribution in [0.3, 0.4) is 0 Å². The number of morpholine rings is 1. The first-order chi connectivity index (χ1) is 9.54. The van der Waals surface area contributed by atoms with Gasteiger partial charge in [0.25, 0.3) is 0 Å². The normalized spacial score (nSPS) is 21.8. The molecule has 0 N–H and O–H groups in total. The topological polar surface area (TPSA) is 38.8 Å². The van der Waals surface area contributed by atoms with Crippen molar-refractivity contribution in [1.29, 1.82) is 0 Å². The highest BCUT2D eigenvalue weighted by Crippen LogP contribution is 2.30. The molecule has 1 fully saturated rings. The van der Waals surface area contributed by atoms with Gasteiger partial charge in [-0.25, -0.2) is 0 Å². The van der Waals surface area contributed by atoms with Gasteiger partial charge in [0.1, 0.15) is 6.10 Å². The highest BCUT2D eigenvalue weighted by atomic mass is 16.5. The molecular formula is C16H23NO3. The number of rotatable bonds is 4. The van der Waals surface area contributed by atoms with Crippen LogP contribution in [0.5, 0.6) is 0 Å². The molecule has 1 aromatic carbocycles. The molecular weight excluding hydrogens is 254 g/mol. The van der Waals surface area contributed by atoms with E-state index in [1.807, 2.05) is 49.1 Å². The van der Waals surface area contributed by atoms with Crippen molar-refractivity contribution in [1.82, 2.24) is 4.90 Å². The van der Waals surface area contributed by atoms with E-state index >= 15 is 0 Å². The van der Waals surface area contributed by atoms with Crippen LogP contribution in [0.4, 0.5) is 0 Å². The van der Waals surface area contributed by atoms with Crippen LogP contribution in [0.15, 0.2) is 30.3 Å². The van der Waals surface area contributed by atoms with E-state index in [9.17, 15) is 4.79 Å². The van der Waals surface area contributed by atoms with E-state index in [1.54, 1.807) is 7.11 Å². The molecule has 1 aliphatic rings. The highest BCUT2D eigenvalue weighted by Gasteiger charge is 2.38. The Labute approximate surface area is 120 Å². The number of amides is 1. The molecule has 4 heteroatoms. The van der Waals surface area contributed by atoms with E-state index in [1.165, 1.54) is 0 Å². The number of ether oxygens (including phenoxy) is 2. The van der Waals surface area contributed by atoms with Crippen molar-refractivity contribution in [2.75, 3.05) is 26.9 Å². The number of nitrogens with zero attached hydrogens (tertiary/aromatic N) is 1. The quantitative estimate of drug-likeness (QED) is 0.848. The average molecular weight is 277 g/mol. The molecule has 1 aliphatic heterocycles. The average Bonchev–Trinajstić information content (AvgIpc) is 2.45. The van der Waals surface area contributed by atoms with Crippen molar-refractivity contribution >= 4 is 5.91 Å². The summed E-state index contributed by atoms with van der Waals surface area (Å²) in [4.78, 5) is 14.3. The lowest BCUT2D eigenvalue weighted by molar-refractivity contribution is -0.155. The summed E-state index contributed by atoms with van der Waals surface area (Å²) in [6, 6.07) is 10.1. The monoisotopic (exact) mass is 277 g/mol. The summed E-state index contributed by atoms with van der Waals surface area (Å²) in [7, 11) is 1.62. The third kappa shape index (κ3) is 3.38. The largest absolute Gasteiger partial charge is 0.384 e. The minimum absolute atomic E-state index is 0.0456. The fourth-order valence-electron chi connectivity index (χ4n) is 2.48. The number of carbonyl (C=O) groups is 1. The van der Waals surface area contributed by atoms with Crippen molar-refractivity contribution in [3.05, 3.63) is 35.9 Å². The first-order valence-corrected chi connectivity index (χ1v) is 7.00. The molecule has 0 radical (unpaired) electrons. The Morgan fingerprint density at radius 2 is 2.10 bits per heavy atom. The molecule has 4 nitrogen and oxygen atoms in total. The fraction of sp³-hybridized carbons (Fsp3) is 0.562. The van der Waals surface area contributed by atoms with Crippen LogP contribution < -0.4 is 0 Å². The number of benzene rings is 1. The standard InChI is InChI=1S/C16H23NO3/c1-16(2)12-20-14(13-7-5-4-6-8-13)11-17(16)15(18)9-10-19-3/h4-8,14H,9-12H2,1-3H3/t14-/m0/s1. The van der Waals surface area contributed by atoms with E-state index in [-0.39, 0.29) is 17.6 Å². The summed E-state index contributed by atoms with van der Waals surface area (Å²) in [6.45, 7) is 5.69. The molecule has 0 aliphatic carbocycles. The molecule has 110 valence electrons. The second-order valence-corrected chi connectivity index (χ2v) is 5.77. The molecule has 1 saturated heterocycles. The van der Waals surface area contributed by atoms with Gasteiger partial charge in [0.05, 0.1) is 31.7 Å². The second-order valence-electron chi connectivity index (χ2n) is 5.77. The molecule has 0 saturated carbocycles. The molecule has 20 heavy (non-hydrogen) atoms. The number of hydrogen-bond acceptors (Lipinski definition) is 3. The van der Waals surface area contributed by atoms with E-state index in [2.05, 4.69) is 0 Å². The SMILES string of the molecule is COCCC(=O)N1C[C@@H](c2ccccc2)OCC1(C)C. The summed E-state index contributed by atoms with van der Waals surface area (Å²) < 4.78 is 10.9. The van der Waals surface area contributed by atoms with E-state index in [4.69, 9.17) is 9.47 Å². The maximum absolute atomic E-state index is 12.3. The van der Waals surface area contributed by atoms with Crippen molar-refractivity contribution in [3.8, 4) is 0 Å². The van der Waals surface area contributed by atoms with Crippen LogP contribution in [0.25, 0.3) is 0 Å². The summed E-state index contributed by atoms with van der Waals surface area (Å²) in [5.41, 5.74) is 0.850. The van der Waals surface area contributed by atoms with E-state index in [0.29, 0.717) is 26.2 Å². The molecule has 0 unspecified atom stereocenters. The van der Waals surface area contributed by atoms with Crippen LogP contribution in [0.1, 0.15) is 31.9 Å². The van der Waals surface area contributed by atoms with Gasteiger partial charge in [-0.05, 0) is 19.4 Å². The summed E-state index contributed by atoms with van der Waals surface area (Å²) in [5.74, 6) is 0.126. The zero-order valence-electron chi connectivity index (χ0n) is 12.5. The summed E-state index contributed by atoms with van der Waals surface area (Å²) >= 11 is 0. The van der Waals surface area contributed by atoms with Gasteiger partial charge in [0.15, 0.2) is 0 Å². The van der Waals surface area contributed by atoms with Gasteiger partial charge in [0, 0.05) is 7.11 Å². The minimum atomic E-state index is -0.268. The lowest BCUT2D eigenvalue weighted by atomic mass is 9.97. The predicted molar refractivity (Wildman–Crippen MR) is 77.4 cm³/mol. The maximum atomic E-state index is 12.3. The third-order valence-electron chi connectivity index (χ3n) is 3.71. The smallest absolute Gasteiger partial charge is 0.225 e. The minimum Gasteiger partial charge on any atom is -0.384 e. The number of carbonyl (C=O) groups excluding carboxylic acids is 1. The van der Waals surface area contributed by atoms with Gasteiger partial charge < -0.3 is 14.4 Å². The fourth-order valence-corrected chi connectivity index (χ4v) is 2.48. The van der Waals surface area contributed by atoms with Crippen LogP contribution in [-0.2, 0) is 14.3 Å². The molecule has 1 heterocycles. The Bertz CT molecular complexity index is 444. The Morgan fingerprint density at radius 3 is 2.75 bits per heavy atom. The first kappa shape index (κ1) is 15.0. The van der Waals surface area contributed by atoms with E-state index < -0.39 is 0 Å². The van der Waals surface area contributed by atoms with Crippen molar-refractivity contribution in [3.63, 3.8) is 0 Å². The third-order valence-corrected chi connectivity index (χ3v) is 3.71. The lowest BCUT2D eigenvalue weighted by Gasteiger charge is -2.45. The Balaban J connectivity index is 2.10. The van der Waals surface area contributed by atoms with Gasteiger partial charge in [-0.3, -0.25) is 4.79 Å². The van der Waals surface area contributed by atoms with Gasteiger partial charge in [-0.15, -0.1) is 0 Å². The van der Waals surface area contributed by atoms with Crippen molar-refractivity contribution in [2.24, 2.45) is 0 Å². The second kappa shape index (κ2) is 6.37. The Hall–Kier alpha value is -1.39. The molecule has 2 rings (SSSR count). The molecule has 0 aromatic heterocycles.